The maximum absolute atomic E-state index is 5.71. The van der Waals surface area contributed by atoms with Gasteiger partial charge in [-0.2, -0.15) is 0 Å². The molecule has 3 rings (SSSR count). The Morgan fingerprint density at radius 3 is 2.50 bits per heavy atom. The first-order valence-corrected chi connectivity index (χ1v) is 8.09. The number of pyridine rings is 1. The summed E-state index contributed by atoms with van der Waals surface area (Å²) in [6, 6.07) is 19.9. The minimum Gasteiger partial charge on any atom is -0.497 e. The molecule has 0 unspecified atom stereocenters. The number of hydrogen-bond acceptors (Lipinski definition) is 4. The highest BCUT2D eigenvalue weighted by molar-refractivity contribution is 7.99. The third kappa shape index (κ3) is 3.71. The van der Waals surface area contributed by atoms with Crippen LogP contribution in [0.25, 0.3) is 10.9 Å². The number of thioether (sulfide) groups is 1. The van der Waals surface area contributed by atoms with Crippen molar-refractivity contribution in [3.05, 3.63) is 60.7 Å². The summed E-state index contributed by atoms with van der Waals surface area (Å²) in [5.41, 5.74) is 1.03. The summed E-state index contributed by atoms with van der Waals surface area (Å²) in [7, 11) is 1.66. The second-order valence-electron chi connectivity index (χ2n) is 4.71. The van der Waals surface area contributed by atoms with Crippen molar-refractivity contribution in [3.63, 3.8) is 0 Å². The minimum absolute atomic E-state index is 0.644. The van der Waals surface area contributed by atoms with Gasteiger partial charge in [-0.3, -0.25) is 0 Å². The summed E-state index contributed by atoms with van der Waals surface area (Å²) in [5, 5.41) is 2.19. The van der Waals surface area contributed by atoms with E-state index in [0.717, 1.165) is 27.8 Å². The lowest BCUT2D eigenvalue weighted by Crippen LogP contribution is -2.00. The average molecular weight is 311 g/mol. The highest BCUT2D eigenvalue weighted by Crippen LogP contribution is 2.21. The van der Waals surface area contributed by atoms with Crippen molar-refractivity contribution in [3.8, 4) is 11.5 Å². The molecule has 0 saturated carbocycles. The van der Waals surface area contributed by atoms with Gasteiger partial charge in [0, 0.05) is 11.1 Å². The number of fused-ring (bicyclic) bond motifs is 1. The lowest BCUT2D eigenvalue weighted by atomic mass is 10.2. The van der Waals surface area contributed by atoms with E-state index in [1.54, 1.807) is 18.9 Å². The molecule has 0 radical (unpaired) electrons. The SMILES string of the molecule is COc1ccc(OCCSc2ccc3ccccc3n2)cc1. The molecule has 0 amide bonds. The fourth-order valence-electron chi connectivity index (χ4n) is 2.11. The van der Waals surface area contributed by atoms with Gasteiger partial charge in [0.15, 0.2) is 0 Å². The van der Waals surface area contributed by atoms with Gasteiger partial charge in [0.1, 0.15) is 11.5 Å². The largest absolute Gasteiger partial charge is 0.497 e. The summed E-state index contributed by atoms with van der Waals surface area (Å²) in [5.74, 6) is 2.55. The Labute approximate surface area is 134 Å². The molecule has 3 aromatic rings. The van der Waals surface area contributed by atoms with E-state index in [9.17, 15) is 0 Å². The first-order chi connectivity index (χ1) is 10.8. The number of hydrogen-bond donors (Lipinski definition) is 0. The number of methoxy groups -OCH3 is 1. The average Bonchev–Trinajstić information content (AvgIpc) is 2.59. The van der Waals surface area contributed by atoms with Crippen LogP contribution in [0.4, 0.5) is 0 Å². The van der Waals surface area contributed by atoms with Crippen molar-refractivity contribution < 1.29 is 9.47 Å². The molecule has 0 N–H and O–H groups in total. The van der Waals surface area contributed by atoms with Crippen LogP contribution in [0.5, 0.6) is 11.5 Å². The molecule has 0 aliphatic rings. The smallest absolute Gasteiger partial charge is 0.119 e. The van der Waals surface area contributed by atoms with Crippen LogP contribution < -0.4 is 9.47 Å². The first-order valence-electron chi connectivity index (χ1n) is 7.10. The van der Waals surface area contributed by atoms with Gasteiger partial charge in [0.2, 0.25) is 0 Å². The standard InChI is InChI=1S/C18H17NO2S/c1-20-15-7-9-16(10-8-15)21-12-13-22-18-11-6-14-4-2-3-5-17(14)19-18/h2-11H,12-13H2,1H3. The zero-order chi connectivity index (χ0) is 15.2. The van der Waals surface area contributed by atoms with Crippen molar-refractivity contribution in [2.45, 2.75) is 5.03 Å². The Kier molecular flexibility index (Phi) is 4.81. The molecule has 0 aliphatic carbocycles. The van der Waals surface area contributed by atoms with Gasteiger partial charge < -0.3 is 9.47 Å². The number of ether oxygens (including phenoxy) is 2. The summed E-state index contributed by atoms with van der Waals surface area (Å²) in [4.78, 5) is 4.63. The molecule has 0 saturated heterocycles. The van der Waals surface area contributed by atoms with Crippen molar-refractivity contribution in [1.29, 1.82) is 0 Å². The van der Waals surface area contributed by atoms with E-state index in [4.69, 9.17) is 9.47 Å². The van der Waals surface area contributed by atoms with Crippen molar-refractivity contribution in [2.24, 2.45) is 0 Å². The molecule has 1 aromatic heterocycles. The molecule has 4 heteroatoms. The van der Waals surface area contributed by atoms with Crippen LogP contribution in [-0.4, -0.2) is 24.5 Å². The van der Waals surface area contributed by atoms with Crippen LogP contribution >= 0.6 is 11.8 Å². The third-order valence-corrected chi connectivity index (χ3v) is 4.13. The monoisotopic (exact) mass is 311 g/mol. The van der Waals surface area contributed by atoms with E-state index < -0.39 is 0 Å². The molecule has 0 spiro atoms. The van der Waals surface area contributed by atoms with Gasteiger partial charge in [-0.05, 0) is 36.4 Å². The number of aromatic nitrogens is 1. The maximum Gasteiger partial charge on any atom is 0.119 e. The highest BCUT2D eigenvalue weighted by atomic mass is 32.2. The molecule has 22 heavy (non-hydrogen) atoms. The summed E-state index contributed by atoms with van der Waals surface area (Å²) >= 11 is 1.70. The van der Waals surface area contributed by atoms with Crippen LogP contribution in [0.3, 0.4) is 0 Å². The molecule has 0 atom stereocenters. The molecule has 0 aliphatic heterocycles. The van der Waals surface area contributed by atoms with E-state index in [-0.39, 0.29) is 0 Å². The summed E-state index contributed by atoms with van der Waals surface area (Å²) in [6.07, 6.45) is 0. The zero-order valence-corrected chi connectivity index (χ0v) is 13.2. The van der Waals surface area contributed by atoms with Gasteiger partial charge in [-0.1, -0.05) is 24.3 Å². The molecular formula is C18H17NO2S. The number of rotatable bonds is 6. The number of benzene rings is 2. The lowest BCUT2D eigenvalue weighted by molar-refractivity contribution is 0.342. The summed E-state index contributed by atoms with van der Waals surface area (Å²) < 4.78 is 10.8. The van der Waals surface area contributed by atoms with Crippen LogP contribution in [-0.2, 0) is 0 Å². The van der Waals surface area contributed by atoms with Gasteiger partial charge in [-0.15, -0.1) is 11.8 Å². The normalized spacial score (nSPS) is 10.6. The Morgan fingerprint density at radius 2 is 1.68 bits per heavy atom. The number of nitrogens with zero attached hydrogens (tertiary/aromatic N) is 1. The fourth-order valence-corrected chi connectivity index (χ4v) is 2.81. The molecule has 2 aromatic carbocycles. The molecule has 0 fully saturated rings. The lowest BCUT2D eigenvalue weighted by Gasteiger charge is -2.07. The maximum atomic E-state index is 5.71. The Morgan fingerprint density at radius 1 is 0.909 bits per heavy atom. The van der Waals surface area contributed by atoms with Gasteiger partial charge in [0.05, 0.1) is 24.3 Å². The topological polar surface area (TPSA) is 31.4 Å². The van der Waals surface area contributed by atoms with E-state index in [1.807, 2.05) is 42.5 Å². The van der Waals surface area contributed by atoms with Crippen LogP contribution in [0.1, 0.15) is 0 Å². The highest BCUT2D eigenvalue weighted by Gasteiger charge is 2.00. The van der Waals surface area contributed by atoms with Gasteiger partial charge in [0.25, 0.3) is 0 Å². The molecule has 0 bridgehead atoms. The van der Waals surface area contributed by atoms with E-state index >= 15 is 0 Å². The molecule has 1 heterocycles. The third-order valence-electron chi connectivity index (χ3n) is 3.23. The van der Waals surface area contributed by atoms with Gasteiger partial charge >= 0.3 is 0 Å². The van der Waals surface area contributed by atoms with Crippen LogP contribution in [0, 0.1) is 0 Å². The second-order valence-corrected chi connectivity index (χ2v) is 5.83. The first kappa shape index (κ1) is 14.7. The zero-order valence-electron chi connectivity index (χ0n) is 12.4. The minimum atomic E-state index is 0.644. The second kappa shape index (κ2) is 7.18. The number of para-hydroxylation sites is 1. The predicted octanol–water partition coefficient (Wildman–Crippen LogP) is 4.41. The quantitative estimate of drug-likeness (QED) is 0.498. The van der Waals surface area contributed by atoms with Gasteiger partial charge in [-0.25, -0.2) is 4.98 Å². The Hall–Kier alpha value is -2.20. The summed E-state index contributed by atoms with van der Waals surface area (Å²) in [6.45, 7) is 0.644. The van der Waals surface area contributed by atoms with Crippen LogP contribution in [0.2, 0.25) is 0 Å². The molecule has 112 valence electrons. The Bertz CT molecular complexity index is 743. The van der Waals surface area contributed by atoms with Crippen LogP contribution in [0.15, 0.2) is 65.7 Å². The van der Waals surface area contributed by atoms with E-state index in [0.29, 0.717) is 6.61 Å². The molecular weight excluding hydrogens is 294 g/mol. The molecule has 3 nitrogen and oxygen atoms in total. The van der Waals surface area contributed by atoms with Crippen molar-refractivity contribution in [1.82, 2.24) is 4.98 Å². The predicted molar refractivity (Wildman–Crippen MR) is 91.0 cm³/mol. The van der Waals surface area contributed by atoms with E-state index in [2.05, 4.69) is 23.2 Å². The van der Waals surface area contributed by atoms with E-state index in [1.165, 1.54) is 5.39 Å². The van der Waals surface area contributed by atoms with Crippen molar-refractivity contribution in [2.75, 3.05) is 19.5 Å². The van der Waals surface area contributed by atoms with Crippen molar-refractivity contribution >= 4 is 22.7 Å². The Balaban J connectivity index is 1.51. The fraction of sp³-hybridized carbons (Fsp3) is 0.167.